The first-order valence-corrected chi connectivity index (χ1v) is 5.00. The lowest BCUT2D eigenvalue weighted by molar-refractivity contribution is 0.781. The second kappa shape index (κ2) is 3.56. The molecule has 2 heteroatoms. The third-order valence-corrected chi connectivity index (χ3v) is 2.66. The molecule has 0 fully saturated rings. The van der Waals surface area contributed by atoms with Gasteiger partial charge in [-0.25, -0.2) is 5.43 Å². The first-order valence-electron chi connectivity index (χ1n) is 5.00. The van der Waals surface area contributed by atoms with E-state index in [0.29, 0.717) is 12.0 Å². The number of hydrogen-bond donors (Lipinski definition) is 2. The molecule has 14 heavy (non-hydrogen) atoms. The number of hydrazine groups is 1. The number of nitrogens with two attached hydrogens (primary N) is 1. The van der Waals surface area contributed by atoms with Crippen LogP contribution < -0.4 is 11.3 Å². The van der Waals surface area contributed by atoms with Crippen LogP contribution in [0, 0.1) is 0 Å². The Morgan fingerprint density at radius 3 is 2.29 bits per heavy atom. The second-order valence-electron chi connectivity index (χ2n) is 4.04. The molecule has 1 aliphatic rings. The quantitative estimate of drug-likeness (QED) is 0.562. The molecule has 0 saturated carbocycles. The zero-order valence-electron chi connectivity index (χ0n) is 8.62. The molecule has 0 aromatic heterocycles. The van der Waals surface area contributed by atoms with Gasteiger partial charge in [-0.1, -0.05) is 44.2 Å². The summed E-state index contributed by atoms with van der Waals surface area (Å²) >= 11 is 0. The van der Waals surface area contributed by atoms with Gasteiger partial charge in [-0.2, -0.15) is 0 Å². The summed E-state index contributed by atoms with van der Waals surface area (Å²) in [6.45, 7) is 4.41. The molecule has 1 aromatic rings. The zero-order chi connectivity index (χ0) is 10.1. The molecule has 3 N–H and O–H groups in total. The van der Waals surface area contributed by atoms with Gasteiger partial charge < -0.3 is 0 Å². The van der Waals surface area contributed by atoms with Crippen molar-refractivity contribution in [3.8, 4) is 0 Å². The van der Waals surface area contributed by atoms with Crippen molar-refractivity contribution >= 4 is 5.57 Å². The Kier molecular flexibility index (Phi) is 2.40. The van der Waals surface area contributed by atoms with Crippen LogP contribution in [0.3, 0.4) is 0 Å². The molecular weight excluding hydrogens is 172 g/mol. The fourth-order valence-corrected chi connectivity index (χ4v) is 1.61. The topological polar surface area (TPSA) is 38.0 Å². The first-order chi connectivity index (χ1) is 6.72. The summed E-state index contributed by atoms with van der Waals surface area (Å²) in [6.07, 6.45) is 2.13. The lowest BCUT2D eigenvalue weighted by Crippen LogP contribution is -2.26. The summed E-state index contributed by atoms with van der Waals surface area (Å²) < 4.78 is 0. The van der Waals surface area contributed by atoms with Crippen molar-refractivity contribution in [3.05, 3.63) is 41.5 Å². The molecule has 0 amide bonds. The van der Waals surface area contributed by atoms with Gasteiger partial charge in [-0.3, -0.25) is 5.84 Å². The molecule has 0 aliphatic heterocycles. The molecule has 0 saturated heterocycles. The van der Waals surface area contributed by atoms with Crippen molar-refractivity contribution in [3.63, 3.8) is 0 Å². The third kappa shape index (κ3) is 1.72. The lowest BCUT2D eigenvalue weighted by atomic mass is 10.0. The van der Waals surface area contributed by atoms with Gasteiger partial charge in [-0.15, -0.1) is 0 Å². The fraction of sp³-hybridized carbons (Fsp3) is 0.333. The Labute approximate surface area is 84.8 Å². The van der Waals surface area contributed by atoms with Crippen LogP contribution in [0.4, 0.5) is 0 Å². The molecule has 74 valence electrons. The Bertz CT molecular complexity index is 349. The highest BCUT2D eigenvalue weighted by Gasteiger charge is 2.24. The summed E-state index contributed by atoms with van der Waals surface area (Å²) in [5.41, 5.74) is 6.70. The van der Waals surface area contributed by atoms with E-state index in [1.807, 2.05) is 0 Å². The summed E-state index contributed by atoms with van der Waals surface area (Å²) in [6, 6.07) is 9.00. The van der Waals surface area contributed by atoms with Crippen LogP contribution >= 0.6 is 0 Å². The first kappa shape index (κ1) is 9.44. The summed E-state index contributed by atoms with van der Waals surface area (Å²) in [5, 5.41) is 0. The fourth-order valence-electron chi connectivity index (χ4n) is 1.61. The van der Waals surface area contributed by atoms with E-state index < -0.39 is 0 Å². The molecule has 1 aromatic carbocycles. The van der Waals surface area contributed by atoms with Crippen molar-refractivity contribution in [1.82, 2.24) is 5.43 Å². The second-order valence-corrected chi connectivity index (χ2v) is 4.04. The number of hydrogen-bond acceptors (Lipinski definition) is 2. The van der Waals surface area contributed by atoms with E-state index in [0.717, 1.165) is 0 Å². The maximum absolute atomic E-state index is 5.34. The molecule has 1 aliphatic carbocycles. The molecule has 0 radical (unpaired) electrons. The molecule has 2 rings (SSSR count). The number of nitrogens with one attached hydrogen (secondary N) is 1. The SMILES string of the molecule is CC(C)c1ccc(C2=C[C@@H]2NN)cc1. The zero-order valence-corrected chi connectivity index (χ0v) is 8.62. The summed E-state index contributed by atoms with van der Waals surface area (Å²) in [7, 11) is 0. The van der Waals surface area contributed by atoms with Gasteiger partial charge in [0.05, 0.1) is 6.04 Å². The van der Waals surface area contributed by atoms with Crippen LogP contribution in [0.15, 0.2) is 30.3 Å². The molecule has 0 heterocycles. The van der Waals surface area contributed by atoms with Crippen molar-refractivity contribution in [2.24, 2.45) is 5.84 Å². The van der Waals surface area contributed by atoms with E-state index in [2.05, 4.69) is 49.6 Å². The average Bonchev–Trinajstić information content (AvgIpc) is 2.97. The van der Waals surface area contributed by atoms with Gasteiger partial charge in [-0.05, 0) is 22.6 Å². The van der Waals surface area contributed by atoms with Crippen LogP contribution in [-0.4, -0.2) is 6.04 Å². The van der Waals surface area contributed by atoms with Gasteiger partial charge in [0.1, 0.15) is 0 Å². The maximum Gasteiger partial charge on any atom is 0.0650 e. The van der Waals surface area contributed by atoms with E-state index in [9.17, 15) is 0 Å². The lowest BCUT2D eigenvalue weighted by Gasteiger charge is -2.05. The van der Waals surface area contributed by atoms with Gasteiger partial charge in [0.2, 0.25) is 0 Å². The minimum Gasteiger partial charge on any atom is -0.271 e. The molecule has 0 spiro atoms. The van der Waals surface area contributed by atoms with E-state index in [-0.39, 0.29) is 0 Å². The summed E-state index contributed by atoms with van der Waals surface area (Å²) in [4.78, 5) is 0. The normalized spacial score (nSPS) is 19.7. The van der Waals surface area contributed by atoms with Gasteiger partial charge >= 0.3 is 0 Å². The van der Waals surface area contributed by atoms with Crippen molar-refractivity contribution in [1.29, 1.82) is 0 Å². The van der Waals surface area contributed by atoms with Gasteiger partial charge in [0.15, 0.2) is 0 Å². The van der Waals surface area contributed by atoms with E-state index in [4.69, 9.17) is 5.84 Å². The Balaban J connectivity index is 2.12. The largest absolute Gasteiger partial charge is 0.271 e. The minimum absolute atomic E-state index is 0.292. The van der Waals surface area contributed by atoms with Crippen LogP contribution in [0.25, 0.3) is 5.57 Å². The number of benzene rings is 1. The highest BCUT2D eigenvalue weighted by Crippen LogP contribution is 2.31. The summed E-state index contributed by atoms with van der Waals surface area (Å²) in [5.74, 6) is 5.94. The predicted octanol–water partition coefficient (Wildman–Crippen LogP) is 2.04. The molecule has 1 atom stereocenters. The molecule has 0 bridgehead atoms. The molecular formula is C12H16N2. The molecule has 0 unspecified atom stereocenters. The van der Waals surface area contributed by atoms with Crippen LogP contribution in [-0.2, 0) is 0 Å². The average molecular weight is 188 g/mol. The van der Waals surface area contributed by atoms with Crippen molar-refractivity contribution in [2.45, 2.75) is 25.8 Å². The predicted molar refractivity (Wildman–Crippen MR) is 59.6 cm³/mol. The van der Waals surface area contributed by atoms with E-state index in [1.54, 1.807) is 0 Å². The Morgan fingerprint density at radius 1 is 1.21 bits per heavy atom. The maximum atomic E-state index is 5.34. The molecule has 2 nitrogen and oxygen atoms in total. The van der Waals surface area contributed by atoms with Crippen molar-refractivity contribution < 1.29 is 0 Å². The minimum atomic E-state index is 0.292. The third-order valence-electron chi connectivity index (χ3n) is 2.66. The van der Waals surface area contributed by atoms with Crippen LogP contribution in [0.5, 0.6) is 0 Å². The van der Waals surface area contributed by atoms with E-state index in [1.165, 1.54) is 16.7 Å². The highest BCUT2D eigenvalue weighted by molar-refractivity contribution is 5.83. The highest BCUT2D eigenvalue weighted by atomic mass is 15.2. The standard InChI is InChI=1S/C12H16N2/c1-8(2)9-3-5-10(6-4-9)11-7-12(11)14-13/h3-8,12,14H,13H2,1-2H3/t12-/m0/s1. The van der Waals surface area contributed by atoms with Gasteiger partial charge in [0.25, 0.3) is 0 Å². The Hall–Kier alpha value is -1.12. The van der Waals surface area contributed by atoms with E-state index >= 15 is 0 Å². The number of rotatable bonds is 3. The van der Waals surface area contributed by atoms with Crippen molar-refractivity contribution in [2.75, 3.05) is 0 Å². The Morgan fingerprint density at radius 2 is 1.86 bits per heavy atom. The monoisotopic (exact) mass is 188 g/mol. The smallest absolute Gasteiger partial charge is 0.0650 e. The van der Waals surface area contributed by atoms with Crippen LogP contribution in [0.1, 0.15) is 30.9 Å². The van der Waals surface area contributed by atoms with Crippen LogP contribution in [0.2, 0.25) is 0 Å². The van der Waals surface area contributed by atoms with Gasteiger partial charge in [0, 0.05) is 0 Å².